The lowest BCUT2D eigenvalue weighted by Crippen LogP contribution is -2.68. The van der Waals surface area contributed by atoms with Gasteiger partial charge in [-0.3, -0.25) is 0 Å². The second-order valence-electron chi connectivity index (χ2n) is 9.11. The summed E-state index contributed by atoms with van der Waals surface area (Å²) in [7, 11) is 0. The van der Waals surface area contributed by atoms with Gasteiger partial charge in [-0.25, -0.2) is 4.79 Å². The number of hydrogen-bond acceptors (Lipinski definition) is 4. The summed E-state index contributed by atoms with van der Waals surface area (Å²) in [5.74, 6) is 0. The minimum Gasteiger partial charge on any atom is -0.444 e. The van der Waals surface area contributed by atoms with Crippen molar-refractivity contribution in [3.8, 4) is 0 Å². The van der Waals surface area contributed by atoms with E-state index < -0.39 is 5.60 Å². The molecule has 0 aliphatic heterocycles. The molecule has 2 fully saturated rings. The van der Waals surface area contributed by atoms with E-state index in [-0.39, 0.29) is 24.3 Å². The van der Waals surface area contributed by atoms with Crippen molar-refractivity contribution in [3.05, 3.63) is 0 Å². The summed E-state index contributed by atoms with van der Waals surface area (Å²) in [4.78, 5) is 12.0. The number of nitrogens with one attached hydrogen (secondary N) is 2. The quantitative estimate of drug-likeness (QED) is 0.802. The van der Waals surface area contributed by atoms with Gasteiger partial charge in [-0.05, 0) is 65.2 Å². The van der Waals surface area contributed by atoms with Crippen LogP contribution < -0.4 is 10.6 Å². The molecule has 2 N–H and O–H groups in total. The number of carbonyl (C=O) groups is 1. The Morgan fingerprint density at radius 2 is 1.83 bits per heavy atom. The highest BCUT2D eigenvalue weighted by molar-refractivity contribution is 5.68. The molecule has 1 amide bonds. The lowest BCUT2D eigenvalue weighted by atomic mass is 9.74. The van der Waals surface area contributed by atoms with Crippen molar-refractivity contribution in [3.63, 3.8) is 0 Å². The van der Waals surface area contributed by atoms with Gasteiger partial charge in [0.15, 0.2) is 0 Å². The minimum atomic E-state index is -0.467. The van der Waals surface area contributed by atoms with Gasteiger partial charge in [-0.1, -0.05) is 13.8 Å². The number of rotatable bonds is 5. The third-order valence-electron chi connectivity index (χ3n) is 5.17. The molecule has 3 atom stereocenters. The smallest absolute Gasteiger partial charge is 0.407 e. The second kappa shape index (κ2) is 7.61. The Balaban J connectivity index is 1.86. The molecule has 0 aromatic rings. The number of carbonyl (C=O) groups excluding carboxylic acids is 1. The van der Waals surface area contributed by atoms with E-state index in [1.54, 1.807) is 0 Å². The van der Waals surface area contributed by atoms with Gasteiger partial charge in [-0.2, -0.15) is 0 Å². The van der Waals surface area contributed by atoms with Crippen molar-refractivity contribution in [2.24, 2.45) is 5.41 Å². The Kier molecular flexibility index (Phi) is 6.19. The van der Waals surface area contributed by atoms with E-state index in [1.807, 2.05) is 27.7 Å². The summed E-state index contributed by atoms with van der Waals surface area (Å²) in [6.07, 6.45) is 5.59. The van der Waals surface area contributed by atoms with Crippen LogP contribution in [-0.4, -0.2) is 42.5 Å². The van der Waals surface area contributed by atoms with Gasteiger partial charge in [-0.15, -0.1) is 0 Å². The summed E-state index contributed by atoms with van der Waals surface area (Å²) < 4.78 is 11.2. The van der Waals surface area contributed by atoms with E-state index in [0.717, 1.165) is 6.42 Å². The van der Waals surface area contributed by atoms with Gasteiger partial charge < -0.3 is 20.1 Å². The molecule has 2 saturated carbocycles. The first-order valence-corrected chi connectivity index (χ1v) is 9.47. The molecule has 5 nitrogen and oxygen atoms in total. The zero-order valence-corrected chi connectivity index (χ0v) is 16.3. The molecule has 0 heterocycles. The highest BCUT2D eigenvalue weighted by atomic mass is 16.6. The average Bonchev–Trinajstić information content (AvgIpc) is 2.43. The highest BCUT2D eigenvalue weighted by Crippen LogP contribution is 2.36. The van der Waals surface area contributed by atoms with E-state index in [4.69, 9.17) is 9.47 Å². The molecule has 140 valence electrons. The van der Waals surface area contributed by atoms with E-state index in [2.05, 4.69) is 24.5 Å². The lowest BCUT2D eigenvalue weighted by Gasteiger charge is -2.47. The van der Waals surface area contributed by atoms with Crippen LogP contribution in [0.25, 0.3) is 0 Å². The van der Waals surface area contributed by atoms with E-state index in [0.29, 0.717) is 18.1 Å². The minimum absolute atomic E-state index is 0.0892. The number of ether oxygens (including phenoxy) is 2. The van der Waals surface area contributed by atoms with Crippen LogP contribution in [0.4, 0.5) is 4.79 Å². The van der Waals surface area contributed by atoms with Crippen LogP contribution in [0.5, 0.6) is 0 Å². The Morgan fingerprint density at radius 3 is 2.38 bits per heavy atom. The zero-order valence-electron chi connectivity index (χ0n) is 16.3. The summed E-state index contributed by atoms with van der Waals surface area (Å²) in [5.41, 5.74) is -0.00366. The standard InChI is InChI=1S/C19H36N2O3/c1-7-23-15-12-14(21-17(22)24-18(2,3)4)16(15)20-13-8-10-19(5,6)11-9-13/h13-16,20H,7-12H2,1-6H3,(H,21,22). The van der Waals surface area contributed by atoms with Crippen LogP contribution in [0.15, 0.2) is 0 Å². The van der Waals surface area contributed by atoms with Crippen LogP contribution in [0.2, 0.25) is 0 Å². The normalized spacial score (nSPS) is 30.5. The Bertz CT molecular complexity index is 421. The maximum absolute atomic E-state index is 12.0. The van der Waals surface area contributed by atoms with Gasteiger partial charge in [0, 0.05) is 12.6 Å². The SMILES string of the molecule is CCOC1CC(NC(=O)OC(C)(C)C)C1NC1CCC(C)(C)CC1. The van der Waals surface area contributed by atoms with E-state index >= 15 is 0 Å². The summed E-state index contributed by atoms with van der Waals surface area (Å²) in [6.45, 7) is 13.1. The Labute approximate surface area is 147 Å². The molecule has 2 aliphatic carbocycles. The van der Waals surface area contributed by atoms with Crippen molar-refractivity contribution < 1.29 is 14.3 Å². The molecule has 0 saturated heterocycles. The third kappa shape index (κ3) is 5.62. The zero-order chi connectivity index (χ0) is 18.0. The first kappa shape index (κ1) is 19.5. The molecule has 0 bridgehead atoms. The first-order valence-electron chi connectivity index (χ1n) is 9.47. The van der Waals surface area contributed by atoms with Crippen LogP contribution in [0.1, 0.15) is 73.6 Å². The fraction of sp³-hybridized carbons (Fsp3) is 0.947. The summed E-state index contributed by atoms with van der Waals surface area (Å²) >= 11 is 0. The van der Waals surface area contributed by atoms with Crippen LogP contribution in [0, 0.1) is 5.41 Å². The lowest BCUT2D eigenvalue weighted by molar-refractivity contribution is -0.0489. The van der Waals surface area contributed by atoms with E-state index in [1.165, 1.54) is 25.7 Å². The van der Waals surface area contributed by atoms with Gasteiger partial charge in [0.05, 0.1) is 18.2 Å². The molecule has 0 spiro atoms. The number of alkyl carbamates (subject to hydrolysis) is 1. The third-order valence-corrected chi connectivity index (χ3v) is 5.17. The van der Waals surface area contributed by atoms with Crippen LogP contribution in [0.3, 0.4) is 0 Å². The van der Waals surface area contributed by atoms with Gasteiger partial charge in [0.2, 0.25) is 0 Å². The molecule has 0 aromatic heterocycles. The Morgan fingerprint density at radius 1 is 1.21 bits per heavy atom. The Hall–Kier alpha value is -0.810. The molecule has 0 radical (unpaired) electrons. The molecule has 5 heteroatoms. The molecule has 2 rings (SSSR count). The molecule has 0 aromatic carbocycles. The largest absolute Gasteiger partial charge is 0.444 e. The van der Waals surface area contributed by atoms with Crippen LogP contribution in [-0.2, 0) is 9.47 Å². The van der Waals surface area contributed by atoms with Gasteiger partial charge >= 0.3 is 6.09 Å². The monoisotopic (exact) mass is 340 g/mol. The van der Waals surface area contributed by atoms with Gasteiger partial charge in [0.1, 0.15) is 5.60 Å². The topological polar surface area (TPSA) is 59.6 Å². The predicted molar refractivity (Wildman–Crippen MR) is 96.1 cm³/mol. The molecule has 24 heavy (non-hydrogen) atoms. The van der Waals surface area contributed by atoms with Crippen molar-refractivity contribution in [2.45, 2.75) is 103 Å². The van der Waals surface area contributed by atoms with E-state index in [9.17, 15) is 4.79 Å². The number of amides is 1. The van der Waals surface area contributed by atoms with Crippen molar-refractivity contribution in [1.29, 1.82) is 0 Å². The maximum Gasteiger partial charge on any atom is 0.407 e. The average molecular weight is 341 g/mol. The van der Waals surface area contributed by atoms with Crippen LogP contribution >= 0.6 is 0 Å². The second-order valence-corrected chi connectivity index (χ2v) is 9.11. The molecular formula is C19H36N2O3. The summed E-state index contributed by atoms with van der Waals surface area (Å²) in [6, 6.07) is 0.796. The van der Waals surface area contributed by atoms with Crippen molar-refractivity contribution >= 4 is 6.09 Å². The molecular weight excluding hydrogens is 304 g/mol. The first-order chi connectivity index (χ1) is 11.1. The van der Waals surface area contributed by atoms with Gasteiger partial charge in [0.25, 0.3) is 0 Å². The summed E-state index contributed by atoms with van der Waals surface area (Å²) in [5, 5.41) is 6.76. The number of hydrogen-bond donors (Lipinski definition) is 2. The maximum atomic E-state index is 12.0. The molecule has 3 unspecified atom stereocenters. The molecule has 2 aliphatic rings. The predicted octanol–water partition coefficient (Wildman–Crippen LogP) is 3.62. The fourth-order valence-corrected chi connectivity index (χ4v) is 3.66. The fourth-order valence-electron chi connectivity index (χ4n) is 3.66. The highest BCUT2D eigenvalue weighted by Gasteiger charge is 2.44. The van der Waals surface area contributed by atoms with Crippen molar-refractivity contribution in [2.75, 3.05) is 6.61 Å². The van der Waals surface area contributed by atoms with Crippen molar-refractivity contribution in [1.82, 2.24) is 10.6 Å².